The topological polar surface area (TPSA) is 75.6 Å². The maximum atomic E-state index is 9.34. The van der Waals surface area contributed by atoms with E-state index in [-0.39, 0.29) is 0 Å². The SMILES string of the molecule is CC1(C)C=C(N2CCN(Cc3ccccc3)C2=NC#N)c2cc(C#N)ccc2O1. The van der Waals surface area contributed by atoms with Gasteiger partial charge in [0, 0.05) is 25.2 Å². The average molecular weight is 383 g/mol. The minimum atomic E-state index is -0.513. The molecule has 4 rings (SSSR count). The van der Waals surface area contributed by atoms with E-state index < -0.39 is 5.60 Å². The predicted molar refractivity (Wildman–Crippen MR) is 110 cm³/mol. The van der Waals surface area contributed by atoms with Gasteiger partial charge in [-0.15, -0.1) is 4.99 Å². The van der Waals surface area contributed by atoms with E-state index >= 15 is 0 Å². The molecule has 0 atom stereocenters. The molecule has 2 aliphatic rings. The van der Waals surface area contributed by atoms with Crippen LogP contribution < -0.4 is 4.74 Å². The molecule has 2 aliphatic heterocycles. The number of hydrogen-bond acceptors (Lipinski definition) is 4. The summed E-state index contributed by atoms with van der Waals surface area (Å²) < 4.78 is 6.10. The molecule has 0 bridgehead atoms. The summed E-state index contributed by atoms with van der Waals surface area (Å²) >= 11 is 0. The van der Waals surface area contributed by atoms with Crippen LogP contribution in [0.4, 0.5) is 0 Å². The summed E-state index contributed by atoms with van der Waals surface area (Å²) in [6, 6.07) is 17.8. The van der Waals surface area contributed by atoms with Crippen LogP contribution in [-0.4, -0.2) is 34.4 Å². The number of fused-ring (bicyclic) bond motifs is 1. The zero-order valence-electron chi connectivity index (χ0n) is 16.5. The Morgan fingerprint density at radius 2 is 1.90 bits per heavy atom. The largest absolute Gasteiger partial charge is 0.483 e. The summed E-state index contributed by atoms with van der Waals surface area (Å²) in [4.78, 5) is 8.31. The average Bonchev–Trinajstić information content (AvgIpc) is 3.09. The van der Waals surface area contributed by atoms with E-state index in [2.05, 4.69) is 33.0 Å². The van der Waals surface area contributed by atoms with Gasteiger partial charge in [-0.3, -0.25) is 0 Å². The highest BCUT2D eigenvalue weighted by Crippen LogP contribution is 2.39. The summed E-state index contributed by atoms with van der Waals surface area (Å²) in [5.41, 5.74) is 2.97. The van der Waals surface area contributed by atoms with Gasteiger partial charge in [-0.25, -0.2) is 0 Å². The van der Waals surface area contributed by atoms with Crippen molar-refractivity contribution in [2.75, 3.05) is 13.1 Å². The number of nitriles is 2. The zero-order chi connectivity index (χ0) is 20.4. The highest BCUT2D eigenvalue weighted by Gasteiger charge is 2.35. The highest BCUT2D eigenvalue weighted by molar-refractivity contribution is 5.93. The van der Waals surface area contributed by atoms with Gasteiger partial charge in [0.05, 0.1) is 17.3 Å². The third kappa shape index (κ3) is 3.66. The monoisotopic (exact) mass is 383 g/mol. The van der Waals surface area contributed by atoms with E-state index in [4.69, 9.17) is 4.74 Å². The first kappa shape index (κ1) is 18.6. The Hall–Kier alpha value is -3.77. The molecule has 1 fully saturated rings. The lowest BCUT2D eigenvalue weighted by Gasteiger charge is -2.35. The predicted octanol–water partition coefficient (Wildman–Crippen LogP) is 3.73. The third-order valence-corrected chi connectivity index (χ3v) is 5.02. The number of guanidine groups is 1. The quantitative estimate of drug-likeness (QED) is 0.755. The summed E-state index contributed by atoms with van der Waals surface area (Å²) in [7, 11) is 0. The summed E-state index contributed by atoms with van der Waals surface area (Å²) in [5, 5.41) is 18.7. The van der Waals surface area contributed by atoms with Gasteiger partial charge in [0.25, 0.3) is 0 Å². The van der Waals surface area contributed by atoms with Crippen molar-refractivity contribution in [2.45, 2.75) is 26.0 Å². The highest BCUT2D eigenvalue weighted by atomic mass is 16.5. The van der Waals surface area contributed by atoms with Gasteiger partial charge >= 0.3 is 0 Å². The van der Waals surface area contributed by atoms with E-state index in [1.807, 2.05) is 56.4 Å². The van der Waals surface area contributed by atoms with Crippen LogP contribution in [0.3, 0.4) is 0 Å². The van der Waals surface area contributed by atoms with Crippen LogP contribution in [0.25, 0.3) is 5.70 Å². The van der Waals surface area contributed by atoms with Gasteiger partial charge in [0.1, 0.15) is 11.4 Å². The smallest absolute Gasteiger partial charge is 0.217 e. The Labute approximate surface area is 170 Å². The number of nitrogens with zero attached hydrogens (tertiary/aromatic N) is 5. The Morgan fingerprint density at radius 3 is 2.62 bits per heavy atom. The molecule has 144 valence electrons. The second-order valence-corrected chi connectivity index (χ2v) is 7.63. The van der Waals surface area contributed by atoms with Crippen molar-refractivity contribution in [3.8, 4) is 18.0 Å². The van der Waals surface area contributed by atoms with E-state index in [0.29, 0.717) is 24.6 Å². The van der Waals surface area contributed by atoms with Crippen LogP contribution in [0, 0.1) is 22.8 Å². The molecule has 6 heteroatoms. The molecule has 0 N–H and O–H groups in total. The molecule has 0 amide bonds. The summed E-state index contributed by atoms with van der Waals surface area (Å²) in [6.07, 6.45) is 3.99. The van der Waals surface area contributed by atoms with E-state index in [9.17, 15) is 10.5 Å². The molecule has 2 aromatic carbocycles. The van der Waals surface area contributed by atoms with Crippen LogP contribution in [0.1, 0.15) is 30.5 Å². The van der Waals surface area contributed by atoms with E-state index in [1.165, 1.54) is 0 Å². The first-order valence-corrected chi connectivity index (χ1v) is 9.50. The first-order valence-electron chi connectivity index (χ1n) is 9.50. The Bertz CT molecular complexity index is 1070. The molecule has 0 aliphatic carbocycles. The van der Waals surface area contributed by atoms with Crippen molar-refractivity contribution < 1.29 is 4.74 Å². The molecule has 6 nitrogen and oxygen atoms in total. The minimum Gasteiger partial charge on any atom is -0.483 e. The van der Waals surface area contributed by atoms with Crippen LogP contribution in [0.5, 0.6) is 5.75 Å². The van der Waals surface area contributed by atoms with Gasteiger partial charge in [0.15, 0.2) is 0 Å². The molecule has 0 saturated carbocycles. The first-order chi connectivity index (χ1) is 14.0. The van der Waals surface area contributed by atoms with Crippen molar-refractivity contribution in [1.29, 1.82) is 10.5 Å². The van der Waals surface area contributed by atoms with Crippen LogP contribution in [0.2, 0.25) is 0 Å². The molecular formula is C23H21N5O. The fourth-order valence-electron chi connectivity index (χ4n) is 3.78. The number of ether oxygens (including phenoxy) is 1. The third-order valence-electron chi connectivity index (χ3n) is 5.02. The molecule has 1 saturated heterocycles. The minimum absolute atomic E-state index is 0.513. The van der Waals surface area contributed by atoms with Crippen molar-refractivity contribution in [2.24, 2.45) is 4.99 Å². The molecule has 0 aromatic heterocycles. The molecular weight excluding hydrogens is 362 g/mol. The zero-order valence-corrected chi connectivity index (χ0v) is 16.5. The van der Waals surface area contributed by atoms with Gasteiger partial charge in [0.2, 0.25) is 12.2 Å². The van der Waals surface area contributed by atoms with Gasteiger partial charge in [-0.2, -0.15) is 10.5 Å². The van der Waals surface area contributed by atoms with Crippen LogP contribution >= 0.6 is 0 Å². The second kappa shape index (κ2) is 7.33. The normalized spacial score (nSPS) is 18.5. The number of hydrogen-bond donors (Lipinski definition) is 0. The summed E-state index contributed by atoms with van der Waals surface area (Å²) in [6.45, 7) is 6.11. The molecule has 2 aromatic rings. The lowest BCUT2D eigenvalue weighted by atomic mass is 9.97. The second-order valence-electron chi connectivity index (χ2n) is 7.63. The summed E-state index contributed by atoms with van der Waals surface area (Å²) in [5.74, 6) is 1.35. The molecule has 0 spiro atoms. The maximum Gasteiger partial charge on any atom is 0.217 e. The Balaban J connectivity index is 1.73. The van der Waals surface area contributed by atoms with Gasteiger partial charge in [-0.1, -0.05) is 30.3 Å². The van der Waals surface area contributed by atoms with Crippen molar-refractivity contribution in [1.82, 2.24) is 9.80 Å². The molecule has 29 heavy (non-hydrogen) atoms. The van der Waals surface area contributed by atoms with Gasteiger partial charge < -0.3 is 14.5 Å². The van der Waals surface area contributed by atoms with Gasteiger partial charge in [-0.05, 0) is 43.7 Å². The Morgan fingerprint density at radius 1 is 1.10 bits per heavy atom. The standard InChI is InChI=1S/C23H21N5O/c1-23(2)13-20(19-12-18(14-24)8-9-21(19)29-23)28-11-10-27(22(28)26-16-25)15-17-6-4-3-5-7-17/h3-9,12-13H,10-11,15H2,1-2H3. The lowest BCUT2D eigenvalue weighted by Crippen LogP contribution is -2.36. The number of aliphatic imine (C=N–C) groups is 1. The molecule has 2 heterocycles. The Kier molecular flexibility index (Phi) is 4.70. The van der Waals surface area contributed by atoms with E-state index in [1.54, 1.807) is 6.07 Å². The molecule has 0 unspecified atom stereocenters. The fraction of sp³-hybridized carbons (Fsp3) is 0.261. The van der Waals surface area contributed by atoms with Crippen LogP contribution in [0.15, 0.2) is 59.6 Å². The van der Waals surface area contributed by atoms with Crippen LogP contribution in [-0.2, 0) is 6.54 Å². The fourth-order valence-corrected chi connectivity index (χ4v) is 3.78. The molecule has 0 radical (unpaired) electrons. The maximum absolute atomic E-state index is 9.34. The van der Waals surface area contributed by atoms with Crippen molar-refractivity contribution in [3.05, 3.63) is 71.3 Å². The number of rotatable bonds is 3. The van der Waals surface area contributed by atoms with Crippen molar-refractivity contribution in [3.63, 3.8) is 0 Å². The lowest BCUT2D eigenvalue weighted by molar-refractivity contribution is 0.156. The number of benzene rings is 2. The van der Waals surface area contributed by atoms with Crippen molar-refractivity contribution >= 4 is 11.7 Å². The van der Waals surface area contributed by atoms with E-state index in [0.717, 1.165) is 29.1 Å².